The van der Waals surface area contributed by atoms with Crippen LogP contribution in [0.3, 0.4) is 0 Å². The summed E-state index contributed by atoms with van der Waals surface area (Å²) in [6, 6.07) is 12.9. The van der Waals surface area contributed by atoms with E-state index in [4.69, 9.17) is 5.73 Å². The van der Waals surface area contributed by atoms with E-state index in [-0.39, 0.29) is 10.7 Å². The third-order valence-corrected chi connectivity index (χ3v) is 4.58. The van der Waals surface area contributed by atoms with Gasteiger partial charge in [-0.2, -0.15) is 0 Å². The fourth-order valence-electron chi connectivity index (χ4n) is 2.03. The van der Waals surface area contributed by atoms with Crippen molar-refractivity contribution in [3.63, 3.8) is 0 Å². The molecule has 2 aromatic rings. The summed E-state index contributed by atoms with van der Waals surface area (Å²) in [6.45, 7) is 7.31. The zero-order valence-corrected chi connectivity index (χ0v) is 13.2. The normalized spacial score (nSPS) is 13.2. The number of hydrogen-bond acceptors (Lipinski definition) is 3. The SMILES string of the molecule is CC(C)(C)c1ccc(SC(CN)c2ccncc2)cc1. The maximum Gasteiger partial charge on any atom is 0.0467 e. The molecule has 1 heterocycles. The van der Waals surface area contributed by atoms with Gasteiger partial charge >= 0.3 is 0 Å². The van der Waals surface area contributed by atoms with Gasteiger partial charge in [0.15, 0.2) is 0 Å². The number of nitrogens with zero attached hydrogens (tertiary/aromatic N) is 1. The quantitative estimate of drug-likeness (QED) is 0.857. The number of hydrogen-bond donors (Lipinski definition) is 1. The molecule has 0 bridgehead atoms. The largest absolute Gasteiger partial charge is 0.329 e. The number of benzene rings is 1. The lowest BCUT2D eigenvalue weighted by molar-refractivity contribution is 0.590. The van der Waals surface area contributed by atoms with Crippen LogP contribution in [0.5, 0.6) is 0 Å². The van der Waals surface area contributed by atoms with Crippen LogP contribution in [0, 0.1) is 0 Å². The second-order valence-electron chi connectivity index (χ2n) is 5.90. The molecule has 2 N–H and O–H groups in total. The fourth-order valence-corrected chi connectivity index (χ4v) is 3.04. The molecule has 2 rings (SSSR count). The molecule has 0 aliphatic rings. The van der Waals surface area contributed by atoms with E-state index in [0.29, 0.717) is 6.54 Å². The summed E-state index contributed by atoms with van der Waals surface area (Å²) in [7, 11) is 0. The Labute approximate surface area is 125 Å². The van der Waals surface area contributed by atoms with E-state index in [2.05, 4.69) is 50.0 Å². The molecule has 0 fully saturated rings. The van der Waals surface area contributed by atoms with Crippen molar-refractivity contribution in [1.82, 2.24) is 4.98 Å². The van der Waals surface area contributed by atoms with Crippen molar-refractivity contribution < 1.29 is 0 Å². The van der Waals surface area contributed by atoms with E-state index in [1.807, 2.05) is 36.3 Å². The van der Waals surface area contributed by atoms with Crippen molar-refractivity contribution in [1.29, 1.82) is 0 Å². The Hall–Kier alpha value is -1.32. The maximum absolute atomic E-state index is 5.91. The van der Waals surface area contributed by atoms with Gasteiger partial charge < -0.3 is 5.73 Å². The highest BCUT2D eigenvalue weighted by Crippen LogP contribution is 2.35. The third-order valence-electron chi connectivity index (χ3n) is 3.29. The molecular weight excluding hydrogens is 264 g/mol. The van der Waals surface area contributed by atoms with Crippen molar-refractivity contribution in [3.05, 3.63) is 59.9 Å². The summed E-state index contributed by atoms with van der Waals surface area (Å²) in [6.07, 6.45) is 3.64. The zero-order valence-electron chi connectivity index (χ0n) is 12.3. The molecule has 0 radical (unpaired) electrons. The monoisotopic (exact) mass is 286 g/mol. The van der Waals surface area contributed by atoms with Gasteiger partial charge in [-0.25, -0.2) is 0 Å². The second-order valence-corrected chi connectivity index (χ2v) is 7.17. The molecule has 0 aliphatic carbocycles. The Morgan fingerprint density at radius 2 is 1.65 bits per heavy atom. The van der Waals surface area contributed by atoms with Crippen LogP contribution in [0.25, 0.3) is 0 Å². The van der Waals surface area contributed by atoms with Crippen molar-refractivity contribution in [2.45, 2.75) is 36.3 Å². The second kappa shape index (κ2) is 6.42. The lowest BCUT2D eigenvalue weighted by atomic mass is 9.87. The molecule has 0 saturated carbocycles. The summed E-state index contributed by atoms with van der Waals surface area (Å²) >= 11 is 1.81. The molecule has 1 aromatic carbocycles. The summed E-state index contributed by atoms with van der Waals surface area (Å²) in [4.78, 5) is 5.31. The summed E-state index contributed by atoms with van der Waals surface area (Å²) in [5.74, 6) is 0. The first-order valence-electron chi connectivity index (χ1n) is 6.88. The molecule has 0 spiro atoms. The van der Waals surface area contributed by atoms with E-state index < -0.39 is 0 Å². The first-order valence-corrected chi connectivity index (χ1v) is 7.76. The number of nitrogens with two attached hydrogens (primary N) is 1. The van der Waals surface area contributed by atoms with Crippen LogP contribution >= 0.6 is 11.8 Å². The molecule has 1 atom stereocenters. The standard InChI is InChI=1S/C17H22N2S/c1-17(2,3)14-4-6-15(7-5-14)20-16(12-18)13-8-10-19-11-9-13/h4-11,16H,12,18H2,1-3H3. The average Bonchev–Trinajstić information content (AvgIpc) is 2.45. The lowest BCUT2D eigenvalue weighted by Gasteiger charge is -2.20. The Morgan fingerprint density at radius 1 is 1.05 bits per heavy atom. The molecule has 2 nitrogen and oxygen atoms in total. The molecule has 1 unspecified atom stereocenters. The third kappa shape index (κ3) is 3.84. The Morgan fingerprint density at radius 3 is 2.15 bits per heavy atom. The molecular formula is C17H22N2S. The highest BCUT2D eigenvalue weighted by atomic mass is 32.2. The zero-order chi connectivity index (χ0) is 14.6. The van der Waals surface area contributed by atoms with Gasteiger partial charge in [0.1, 0.15) is 0 Å². The maximum atomic E-state index is 5.91. The average molecular weight is 286 g/mol. The number of pyridine rings is 1. The number of thioether (sulfide) groups is 1. The van der Waals surface area contributed by atoms with Crippen molar-refractivity contribution in [2.75, 3.05) is 6.54 Å². The minimum Gasteiger partial charge on any atom is -0.329 e. The molecule has 20 heavy (non-hydrogen) atoms. The summed E-state index contributed by atoms with van der Waals surface area (Å²) in [5, 5.41) is 0.276. The van der Waals surface area contributed by atoms with Gasteiger partial charge in [0.2, 0.25) is 0 Å². The highest BCUT2D eigenvalue weighted by Gasteiger charge is 2.15. The minimum atomic E-state index is 0.196. The van der Waals surface area contributed by atoms with Gasteiger partial charge in [-0.1, -0.05) is 32.9 Å². The van der Waals surface area contributed by atoms with Crippen LogP contribution < -0.4 is 5.73 Å². The molecule has 106 valence electrons. The topological polar surface area (TPSA) is 38.9 Å². The van der Waals surface area contributed by atoms with Crippen LogP contribution in [0.2, 0.25) is 0 Å². The summed E-state index contributed by atoms with van der Waals surface area (Å²) < 4.78 is 0. The molecule has 0 saturated heterocycles. The number of rotatable bonds is 4. The fraction of sp³-hybridized carbons (Fsp3) is 0.353. The Balaban J connectivity index is 2.13. The van der Waals surface area contributed by atoms with Gasteiger partial charge in [-0.3, -0.25) is 4.98 Å². The minimum absolute atomic E-state index is 0.196. The van der Waals surface area contributed by atoms with E-state index in [9.17, 15) is 0 Å². The molecule has 1 aromatic heterocycles. The molecule has 3 heteroatoms. The van der Waals surface area contributed by atoms with Crippen LogP contribution in [-0.4, -0.2) is 11.5 Å². The summed E-state index contributed by atoms with van der Waals surface area (Å²) in [5.41, 5.74) is 8.69. The van der Waals surface area contributed by atoms with E-state index in [1.54, 1.807) is 0 Å². The van der Waals surface area contributed by atoms with Crippen LogP contribution in [0.1, 0.15) is 37.1 Å². The van der Waals surface area contributed by atoms with Gasteiger partial charge in [0.05, 0.1) is 0 Å². The highest BCUT2D eigenvalue weighted by molar-refractivity contribution is 7.99. The first-order chi connectivity index (χ1) is 9.50. The smallest absolute Gasteiger partial charge is 0.0467 e. The predicted octanol–water partition coefficient (Wildman–Crippen LogP) is 4.17. The van der Waals surface area contributed by atoms with E-state index in [0.717, 1.165) is 0 Å². The number of aromatic nitrogens is 1. The van der Waals surface area contributed by atoms with Gasteiger partial charge in [0.25, 0.3) is 0 Å². The Bertz CT molecular complexity index is 529. The van der Waals surface area contributed by atoms with Gasteiger partial charge in [-0.15, -0.1) is 11.8 Å². The van der Waals surface area contributed by atoms with Crippen LogP contribution in [0.4, 0.5) is 0 Å². The first kappa shape index (κ1) is 15.1. The van der Waals surface area contributed by atoms with Gasteiger partial charge in [0, 0.05) is 29.1 Å². The Kier molecular flexibility index (Phi) is 4.84. The van der Waals surface area contributed by atoms with E-state index >= 15 is 0 Å². The molecule has 0 aliphatic heterocycles. The van der Waals surface area contributed by atoms with Crippen molar-refractivity contribution in [2.24, 2.45) is 5.73 Å². The van der Waals surface area contributed by atoms with Crippen LogP contribution in [-0.2, 0) is 5.41 Å². The molecule has 0 amide bonds. The van der Waals surface area contributed by atoms with E-state index in [1.165, 1.54) is 16.0 Å². The predicted molar refractivity (Wildman–Crippen MR) is 87.0 cm³/mol. The lowest BCUT2D eigenvalue weighted by Crippen LogP contribution is -2.11. The van der Waals surface area contributed by atoms with Crippen LogP contribution in [0.15, 0.2) is 53.7 Å². The van der Waals surface area contributed by atoms with Gasteiger partial charge in [-0.05, 0) is 40.8 Å². The van der Waals surface area contributed by atoms with Crippen molar-refractivity contribution in [3.8, 4) is 0 Å². The van der Waals surface area contributed by atoms with Crippen molar-refractivity contribution >= 4 is 11.8 Å².